The maximum atomic E-state index is 12.3. The van der Waals surface area contributed by atoms with Crippen molar-refractivity contribution in [2.24, 2.45) is 29.6 Å². The Bertz CT molecular complexity index is 447. The highest BCUT2D eigenvalue weighted by Gasteiger charge is 2.41. The van der Waals surface area contributed by atoms with Crippen molar-refractivity contribution in [3.05, 3.63) is 0 Å². The van der Waals surface area contributed by atoms with Gasteiger partial charge in [0.05, 0.1) is 0 Å². The van der Waals surface area contributed by atoms with Gasteiger partial charge in [0.15, 0.2) is 0 Å². The lowest BCUT2D eigenvalue weighted by Crippen LogP contribution is -2.37. The highest BCUT2D eigenvalue weighted by Crippen LogP contribution is 2.34. The lowest BCUT2D eigenvalue weighted by molar-refractivity contribution is -0.141. The summed E-state index contributed by atoms with van der Waals surface area (Å²) in [6.45, 7) is 8.48. The third-order valence-electron chi connectivity index (χ3n) is 5.34. The highest BCUT2D eigenvalue weighted by atomic mass is 16.2. The Morgan fingerprint density at radius 1 is 1.09 bits per heavy atom. The number of ketones is 1. The van der Waals surface area contributed by atoms with Gasteiger partial charge in [0.1, 0.15) is 5.78 Å². The quantitative estimate of drug-likeness (QED) is 0.734. The second-order valence-electron chi connectivity index (χ2n) is 7.67. The largest absolute Gasteiger partial charge is 0.299 e. The van der Waals surface area contributed by atoms with Crippen molar-refractivity contribution in [3.8, 4) is 0 Å². The summed E-state index contributed by atoms with van der Waals surface area (Å²) in [7, 11) is 0. The van der Waals surface area contributed by atoms with Gasteiger partial charge in [-0.05, 0) is 37.5 Å². The minimum absolute atomic E-state index is 0.0101. The fourth-order valence-electron chi connectivity index (χ4n) is 3.78. The Balaban J connectivity index is 1.87. The summed E-state index contributed by atoms with van der Waals surface area (Å²) in [5, 5.41) is 0. The molecule has 124 valence electrons. The number of amides is 2. The SMILES string of the molecule is CC(C)C(=O)C1CCC(CN2C(=O)C[C@@H](C(C)C)C2=O)CC1. The van der Waals surface area contributed by atoms with Gasteiger partial charge in [-0.15, -0.1) is 0 Å². The zero-order valence-corrected chi connectivity index (χ0v) is 14.3. The number of carbonyl (C=O) groups is 3. The fourth-order valence-corrected chi connectivity index (χ4v) is 3.78. The Morgan fingerprint density at radius 2 is 1.68 bits per heavy atom. The third-order valence-corrected chi connectivity index (χ3v) is 5.34. The zero-order valence-electron chi connectivity index (χ0n) is 14.3. The van der Waals surface area contributed by atoms with E-state index in [-0.39, 0.29) is 35.5 Å². The van der Waals surface area contributed by atoms with E-state index < -0.39 is 0 Å². The summed E-state index contributed by atoms with van der Waals surface area (Å²) in [6, 6.07) is 0. The van der Waals surface area contributed by atoms with Crippen molar-refractivity contribution in [1.82, 2.24) is 4.90 Å². The van der Waals surface area contributed by atoms with Crippen LogP contribution in [0, 0.1) is 29.6 Å². The molecule has 2 fully saturated rings. The van der Waals surface area contributed by atoms with Crippen molar-refractivity contribution in [2.75, 3.05) is 6.54 Å². The normalized spacial score (nSPS) is 29.7. The minimum Gasteiger partial charge on any atom is -0.299 e. The molecule has 1 saturated heterocycles. The maximum absolute atomic E-state index is 12.3. The molecule has 1 atom stereocenters. The minimum atomic E-state index is -0.133. The molecule has 1 heterocycles. The fraction of sp³-hybridized carbons (Fsp3) is 0.833. The van der Waals surface area contributed by atoms with Crippen molar-refractivity contribution >= 4 is 17.6 Å². The molecule has 0 N–H and O–H groups in total. The molecule has 0 unspecified atom stereocenters. The van der Waals surface area contributed by atoms with E-state index in [2.05, 4.69) is 0 Å². The van der Waals surface area contributed by atoms with Gasteiger partial charge in [-0.25, -0.2) is 0 Å². The Hall–Kier alpha value is -1.19. The molecule has 0 radical (unpaired) electrons. The van der Waals surface area contributed by atoms with Crippen molar-refractivity contribution < 1.29 is 14.4 Å². The molecule has 0 aromatic carbocycles. The zero-order chi connectivity index (χ0) is 16.4. The first-order chi connectivity index (χ1) is 10.3. The van der Waals surface area contributed by atoms with Crippen LogP contribution in [0.1, 0.15) is 59.8 Å². The van der Waals surface area contributed by atoms with E-state index in [0.29, 0.717) is 24.7 Å². The molecule has 4 nitrogen and oxygen atoms in total. The second-order valence-corrected chi connectivity index (χ2v) is 7.67. The molecule has 1 aliphatic heterocycles. The third kappa shape index (κ3) is 3.58. The van der Waals surface area contributed by atoms with E-state index in [9.17, 15) is 14.4 Å². The predicted octanol–water partition coefficient (Wildman–Crippen LogP) is 3.05. The molecule has 0 aromatic heterocycles. The monoisotopic (exact) mass is 307 g/mol. The van der Waals surface area contributed by atoms with Gasteiger partial charge in [0.2, 0.25) is 11.8 Å². The van der Waals surface area contributed by atoms with Gasteiger partial charge >= 0.3 is 0 Å². The van der Waals surface area contributed by atoms with Gasteiger partial charge in [0.25, 0.3) is 0 Å². The van der Waals surface area contributed by atoms with E-state index in [0.717, 1.165) is 25.7 Å². The first-order valence-corrected chi connectivity index (χ1v) is 8.69. The molecule has 1 aliphatic carbocycles. The molecule has 0 spiro atoms. The van der Waals surface area contributed by atoms with Crippen LogP contribution >= 0.6 is 0 Å². The standard InChI is InChI=1S/C18H29NO3/c1-11(2)15-9-16(20)19(18(15)22)10-13-5-7-14(8-6-13)17(21)12(3)4/h11-15H,5-10H2,1-4H3/t13?,14?,15-/m0/s1. The van der Waals surface area contributed by atoms with E-state index in [1.165, 1.54) is 4.90 Å². The van der Waals surface area contributed by atoms with Crippen molar-refractivity contribution in [3.63, 3.8) is 0 Å². The molecular formula is C18H29NO3. The van der Waals surface area contributed by atoms with Crippen LogP contribution in [0.2, 0.25) is 0 Å². The van der Waals surface area contributed by atoms with Crippen LogP contribution in [0.4, 0.5) is 0 Å². The average Bonchev–Trinajstić information content (AvgIpc) is 2.75. The Labute approximate surface area is 133 Å². The molecule has 2 aliphatic rings. The van der Waals surface area contributed by atoms with Crippen LogP contribution in [0.25, 0.3) is 0 Å². The molecule has 2 amide bonds. The number of imide groups is 1. The van der Waals surface area contributed by atoms with Crippen molar-refractivity contribution in [1.29, 1.82) is 0 Å². The number of Topliss-reactive ketones (excluding diaryl/α,β-unsaturated/α-hetero) is 1. The summed E-state index contributed by atoms with van der Waals surface area (Å²) < 4.78 is 0. The first kappa shape index (κ1) is 17.2. The van der Waals surface area contributed by atoms with Gasteiger partial charge in [-0.1, -0.05) is 27.7 Å². The molecule has 22 heavy (non-hydrogen) atoms. The van der Waals surface area contributed by atoms with Crippen LogP contribution in [0.15, 0.2) is 0 Å². The van der Waals surface area contributed by atoms with Gasteiger partial charge in [0, 0.05) is 30.7 Å². The maximum Gasteiger partial charge on any atom is 0.233 e. The van der Waals surface area contributed by atoms with Crippen LogP contribution < -0.4 is 0 Å². The number of likely N-dealkylation sites (tertiary alicyclic amines) is 1. The van der Waals surface area contributed by atoms with Gasteiger partial charge in [-0.2, -0.15) is 0 Å². The lowest BCUT2D eigenvalue weighted by Gasteiger charge is -2.30. The Morgan fingerprint density at radius 3 is 2.14 bits per heavy atom. The number of carbonyl (C=O) groups excluding carboxylic acids is 3. The molecule has 2 rings (SSSR count). The van der Waals surface area contributed by atoms with E-state index in [1.54, 1.807) is 0 Å². The summed E-state index contributed by atoms with van der Waals surface area (Å²) in [6.07, 6.45) is 4.09. The smallest absolute Gasteiger partial charge is 0.233 e. The number of rotatable bonds is 5. The molecule has 1 saturated carbocycles. The van der Waals surface area contributed by atoms with E-state index >= 15 is 0 Å². The summed E-state index contributed by atoms with van der Waals surface area (Å²) in [5.41, 5.74) is 0. The molecule has 0 bridgehead atoms. The van der Waals surface area contributed by atoms with E-state index in [4.69, 9.17) is 0 Å². The topological polar surface area (TPSA) is 54.5 Å². The van der Waals surface area contributed by atoms with Gasteiger partial charge in [-0.3, -0.25) is 19.3 Å². The van der Waals surface area contributed by atoms with Crippen LogP contribution in [-0.2, 0) is 14.4 Å². The molecule has 0 aromatic rings. The second kappa shape index (κ2) is 6.93. The summed E-state index contributed by atoms with van der Waals surface area (Å²) in [4.78, 5) is 38.0. The lowest BCUT2D eigenvalue weighted by atomic mass is 9.77. The highest BCUT2D eigenvalue weighted by molar-refractivity contribution is 6.03. The van der Waals surface area contributed by atoms with Crippen LogP contribution in [0.5, 0.6) is 0 Å². The average molecular weight is 307 g/mol. The number of hydrogen-bond donors (Lipinski definition) is 0. The number of nitrogens with zero attached hydrogens (tertiary/aromatic N) is 1. The first-order valence-electron chi connectivity index (χ1n) is 8.69. The Kier molecular flexibility index (Phi) is 5.41. The number of hydrogen-bond acceptors (Lipinski definition) is 3. The predicted molar refractivity (Wildman–Crippen MR) is 85.0 cm³/mol. The van der Waals surface area contributed by atoms with Gasteiger partial charge < -0.3 is 0 Å². The van der Waals surface area contributed by atoms with Crippen molar-refractivity contribution in [2.45, 2.75) is 59.8 Å². The molecular weight excluding hydrogens is 278 g/mol. The van der Waals surface area contributed by atoms with E-state index in [1.807, 2.05) is 27.7 Å². The summed E-state index contributed by atoms with van der Waals surface area (Å²) >= 11 is 0. The molecule has 4 heteroatoms. The van der Waals surface area contributed by atoms with Crippen LogP contribution in [-0.4, -0.2) is 29.0 Å². The summed E-state index contributed by atoms with van der Waals surface area (Å²) in [5.74, 6) is 1.12. The van der Waals surface area contributed by atoms with Crippen LogP contribution in [0.3, 0.4) is 0 Å².